The van der Waals surface area contributed by atoms with Crippen molar-refractivity contribution < 1.29 is 19.2 Å². The van der Waals surface area contributed by atoms with E-state index in [-0.39, 0.29) is 22.4 Å². The van der Waals surface area contributed by atoms with Gasteiger partial charge in [0.2, 0.25) is 0 Å². The monoisotopic (exact) mass is 438 g/mol. The number of halogens is 1. The van der Waals surface area contributed by atoms with Crippen molar-refractivity contribution in [2.24, 2.45) is 0 Å². The van der Waals surface area contributed by atoms with E-state index in [0.717, 1.165) is 16.6 Å². The number of carbonyl (C=O) groups excluding carboxylic acids is 2. The Balaban J connectivity index is 1.70. The number of fused-ring (bicyclic) bond motifs is 1. The largest absolute Gasteiger partial charge is 0.444 e. The number of nitrogens with one attached hydrogen (secondary N) is 1. The molecule has 0 saturated carbocycles. The van der Waals surface area contributed by atoms with Crippen molar-refractivity contribution in [2.75, 3.05) is 11.9 Å². The molecule has 1 aromatic carbocycles. The highest BCUT2D eigenvalue weighted by Crippen LogP contribution is 2.30. The van der Waals surface area contributed by atoms with E-state index in [4.69, 9.17) is 16.3 Å². The predicted molar refractivity (Wildman–Crippen MR) is 109 cm³/mol. The molecule has 9 nitrogen and oxygen atoms in total. The Hall–Kier alpha value is -2.72. The number of rotatable bonds is 3. The Morgan fingerprint density at radius 3 is 2.72 bits per heavy atom. The summed E-state index contributed by atoms with van der Waals surface area (Å²) in [5.74, 6) is -0.514. The molecule has 2 aromatic rings. The lowest BCUT2D eigenvalue weighted by molar-refractivity contribution is -0.384. The standard InChI is InChI=1S/C18H19ClN4O5S/c1-18(2,3)28-17(25)22-7-6-13-14(9-22)29-16(20-13)21-15(24)11-5-4-10(23(26)27)8-12(11)19/h4-5,8H,6-7,9H2,1-3H3,(H,20,21,24). The Kier molecular flexibility index (Phi) is 5.76. The van der Waals surface area contributed by atoms with Gasteiger partial charge in [-0.05, 0) is 26.8 Å². The zero-order valence-electron chi connectivity index (χ0n) is 16.0. The van der Waals surface area contributed by atoms with E-state index < -0.39 is 16.4 Å². The number of amides is 2. The topological polar surface area (TPSA) is 115 Å². The Bertz CT molecular complexity index is 985. The van der Waals surface area contributed by atoms with Gasteiger partial charge in [0.15, 0.2) is 5.13 Å². The lowest BCUT2D eigenvalue weighted by Gasteiger charge is -2.29. The number of hydrogen-bond acceptors (Lipinski definition) is 7. The van der Waals surface area contributed by atoms with Gasteiger partial charge >= 0.3 is 6.09 Å². The number of anilines is 1. The van der Waals surface area contributed by atoms with E-state index in [0.29, 0.717) is 24.6 Å². The van der Waals surface area contributed by atoms with Gasteiger partial charge in [0.1, 0.15) is 5.60 Å². The quantitative estimate of drug-likeness (QED) is 0.565. The van der Waals surface area contributed by atoms with Gasteiger partial charge in [-0.2, -0.15) is 0 Å². The molecule has 0 atom stereocenters. The van der Waals surface area contributed by atoms with Gasteiger partial charge in [0.05, 0.1) is 27.7 Å². The van der Waals surface area contributed by atoms with Gasteiger partial charge in [-0.15, -0.1) is 0 Å². The maximum absolute atomic E-state index is 12.5. The third-order valence-corrected chi connectivity index (χ3v) is 5.32. The van der Waals surface area contributed by atoms with E-state index in [1.165, 1.54) is 23.5 Å². The molecule has 0 spiro atoms. The van der Waals surface area contributed by atoms with Crippen LogP contribution in [0.3, 0.4) is 0 Å². The zero-order chi connectivity index (χ0) is 21.3. The highest BCUT2D eigenvalue weighted by Gasteiger charge is 2.28. The van der Waals surface area contributed by atoms with E-state index in [1.54, 1.807) is 4.90 Å². The van der Waals surface area contributed by atoms with E-state index in [2.05, 4.69) is 10.3 Å². The smallest absolute Gasteiger partial charge is 0.410 e. The second kappa shape index (κ2) is 7.96. The fourth-order valence-corrected chi connectivity index (χ4v) is 3.98. The molecule has 0 radical (unpaired) electrons. The van der Waals surface area contributed by atoms with Crippen molar-refractivity contribution in [3.8, 4) is 0 Å². The number of nitrogens with zero attached hydrogens (tertiary/aromatic N) is 3. The molecule has 1 N–H and O–H groups in total. The summed E-state index contributed by atoms with van der Waals surface area (Å²) in [5.41, 5.74) is 0.160. The fourth-order valence-electron chi connectivity index (χ4n) is 2.70. The first kappa shape index (κ1) is 21.0. The van der Waals surface area contributed by atoms with Crippen molar-refractivity contribution in [1.29, 1.82) is 0 Å². The van der Waals surface area contributed by atoms with Crippen LogP contribution in [0.4, 0.5) is 15.6 Å². The van der Waals surface area contributed by atoms with Gasteiger partial charge < -0.3 is 9.64 Å². The maximum atomic E-state index is 12.5. The van der Waals surface area contributed by atoms with E-state index in [9.17, 15) is 19.7 Å². The van der Waals surface area contributed by atoms with Crippen molar-refractivity contribution in [3.05, 3.63) is 49.5 Å². The highest BCUT2D eigenvalue weighted by molar-refractivity contribution is 7.15. The molecule has 0 fully saturated rings. The highest BCUT2D eigenvalue weighted by atomic mass is 35.5. The molecule has 0 saturated heterocycles. The molecule has 0 aliphatic carbocycles. The molecule has 11 heteroatoms. The van der Waals surface area contributed by atoms with Crippen LogP contribution < -0.4 is 5.32 Å². The summed E-state index contributed by atoms with van der Waals surface area (Å²) in [7, 11) is 0. The minimum absolute atomic E-state index is 0.0193. The molecule has 1 aliphatic heterocycles. The molecular formula is C18H19ClN4O5S. The van der Waals surface area contributed by atoms with Crippen LogP contribution in [0, 0.1) is 10.1 Å². The summed E-state index contributed by atoms with van der Waals surface area (Å²) in [5, 5.41) is 13.8. The molecule has 3 rings (SSSR count). The lowest BCUT2D eigenvalue weighted by atomic mass is 10.2. The number of benzene rings is 1. The number of nitro groups is 1. The van der Waals surface area contributed by atoms with Crippen LogP contribution >= 0.6 is 22.9 Å². The van der Waals surface area contributed by atoms with Crippen molar-refractivity contribution >= 4 is 45.8 Å². The molecule has 0 unspecified atom stereocenters. The summed E-state index contributed by atoms with van der Waals surface area (Å²) in [6, 6.07) is 3.64. The Labute approximate surface area is 175 Å². The number of nitro benzene ring substituents is 1. The number of carbonyl (C=O) groups is 2. The molecule has 0 bridgehead atoms. The number of aromatic nitrogens is 1. The third-order valence-electron chi connectivity index (χ3n) is 4.01. The third kappa shape index (κ3) is 5.01. The van der Waals surface area contributed by atoms with E-state index in [1.807, 2.05) is 20.8 Å². The lowest BCUT2D eigenvalue weighted by Crippen LogP contribution is -2.39. The minimum Gasteiger partial charge on any atom is -0.444 e. The molecule has 154 valence electrons. The second-order valence-corrected chi connectivity index (χ2v) is 8.91. The van der Waals surface area contributed by atoms with Gasteiger partial charge in [0.25, 0.3) is 11.6 Å². The first-order valence-corrected chi connectivity index (χ1v) is 9.95. The van der Waals surface area contributed by atoms with Crippen LogP contribution in [0.25, 0.3) is 0 Å². The second-order valence-electron chi connectivity index (χ2n) is 7.42. The van der Waals surface area contributed by atoms with Gasteiger partial charge in [-0.25, -0.2) is 9.78 Å². The van der Waals surface area contributed by atoms with E-state index >= 15 is 0 Å². The first-order valence-electron chi connectivity index (χ1n) is 8.75. The van der Waals surface area contributed by atoms with Crippen LogP contribution in [-0.2, 0) is 17.7 Å². The minimum atomic E-state index is -0.584. The number of hydrogen-bond donors (Lipinski definition) is 1. The van der Waals surface area contributed by atoms with Crippen molar-refractivity contribution in [2.45, 2.75) is 39.3 Å². The average molecular weight is 439 g/mol. The number of thiazole rings is 1. The van der Waals surface area contributed by atoms with Crippen LogP contribution in [0.1, 0.15) is 41.7 Å². The normalized spacial score (nSPS) is 13.6. The Morgan fingerprint density at radius 1 is 1.38 bits per heavy atom. The van der Waals surface area contributed by atoms with Crippen LogP contribution in [0.15, 0.2) is 18.2 Å². The van der Waals surface area contributed by atoms with Crippen LogP contribution in [0.2, 0.25) is 5.02 Å². The fraction of sp³-hybridized carbons (Fsp3) is 0.389. The number of non-ortho nitro benzene ring substituents is 1. The SMILES string of the molecule is CC(C)(C)OC(=O)N1CCc2nc(NC(=O)c3ccc([N+](=O)[O-])cc3Cl)sc2C1. The Morgan fingerprint density at radius 2 is 2.10 bits per heavy atom. The first-order chi connectivity index (χ1) is 13.5. The van der Waals surface area contributed by atoms with Crippen LogP contribution in [0.5, 0.6) is 0 Å². The van der Waals surface area contributed by atoms with Gasteiger partial charge in [-0.1, -0.05) is 22.9 Å². The summed E-state index contributed by atoms with van der Waals surface area (Å²) in [4.78, 5) is 41.8. The summed E-state index contributed by atoms with van der Waals surface area (Å²) in [6.07, 6.45) is 0.166. The number of ether oxygens (including phenoxy) is 1. The molecule has 29 heavy (non-hydrogen) atoms. The molecule has 2 heterocycles. The molecule has 1 aromatic heterocycles. The summed E-state index contributed by atoms with van der Waals surface area (Å²) in [6.45, 7) is 6.26. The zero-order valence-corrected chi connectivity index (χ0v) is 17.6. The summed E-state index contributed by atoms with van der Waals surface area (Å²) < 4.78 is 5.40. The van der Waals surface area contributed by atoms with Gasteiger partial charge in [0, 0.05) is 30.0 Å². The maximum Gasteiger partial charge on any atom is 0.410 e. The summed E-state index contributed by atoms with van der Waals surface area (Å²) >= 11 is 7.27. The van der Waals surface area contributed by atoms with Crippen molar-refractivity contribution in [1.82, 2.24) is 9.88 Å². The predicted octanol–water partition coefficient (Wildman–Crippen LogP) is 4.25. The van der Waals surface area contributed by atoms with Gasteiger partial charge in [-0.3, -0.25) is 20.2 Å². The average Bonchev–Trinajstić information content (AvgIpc) is 3.01. The van der Waals surface area contributed by atoms with Crippen LogP contribution in [-0.4, -0.2) is 39.0 Å². The molecule has 1 aliphatic rings. The molecule has 2 amide bonds. The van der Waals surface area contributed by atoms with Crippen molar-refractivity contribution in [3.63, 3.8) is 0 Å². The molecular weight excluding hydrogens is 420 g/mol.